The topological polar surface area (TPSA) is 38.3 Å². The second kappa shape index (κ2) is 9.88. The molecule has 0 radical (unpaired) electrons. The Labute approximate surface area is 139 Å². The molecule has 0 bridgehead atoms. The summed E-state index contributed by atoms with van der Waals surface area (Å²) in [7, 11) is 0. The molecule has 1 aliphatic carbocycles. The van der Waals surface area contributed by atoms with E-state index >= 15 is 0 Å². The highest BCUT2D eigenvalue weighted by Crippen LogP contribution is 2.19. The van der Waals surface area contributed by atoms with Gasteiger partial charge in [-0.15, -0.1) is 0 Å². The zero-order valence-corrected chi connectivity index (χ0v) is 14.0. The summed E-state index contributed by atoms with van der Waals surface area (Å²) >= 11 is 0. The predicted molar refractivity (Wildman–Crippen MR) is 95.4 cm³/mol. The zero-order chi connectivity index (χ0) is 16.3. The Morgan fingerprint density at radius 1 is 1.26 bits per heavy atom. The van der Waals surface area contributed by atoms with E-state index in [1.54, 1.807) is 6.08 Å². The first-order valence-electron chi connectivity index (χ1n) is 8.64. The van der Waals surface area contributed by atoms with Gasteiger partial charge in [0.25, 0.3) is 0 Å². The van der Waals surface area contributed by atoms with Crippen LogP contribution in [0.3, 0.4) is 0 Å². The lowest BCUT2D eigenvalue weighted by molar-refractivity contribution is -0.116. The first kappa shape index (κ1) is 17.3. The van der Waals surface area contributed by atoms with E-state index in [9.17, 15) is 4.79 Å². The van der Waals surface area contributed by atoms with Crippen molar-refractivity contribution in [1.82, 2.24) is 5.32 Å². The van der Waals surface area contributed by atoms with Gasteiger partial charge in [-0.2, -0.15) is 0 Å². The number of ether oxygens (including phenoxy) is 1. The highest BCUT2D eigenvalue weighted by atomic mass is 16.5. The van der Waals surface area contributed by atoms with Gasteiger partial charge in [0.2, 0.25) is 5.91 Å². The van der Waals surface area contributed by atoms with Gasteiger partial charge in [-0.25, -0.2) is 0 Å². The third kappa shape index (κ3) is 6.72. The lowest BCUT2D eigenvalue weighted by Crippen LogP contribution is -2.22. The Bertz CT molecular complexity index is 543. The van der Waals surface area contributed by atoms with Crippen LogP contribution in [0.1, 0.15) is 51.0 Å². The lowest BCUT2D eigenvalue weighted by Gasteiger charge is -2.12. The molecular weight excluding hydrogens is 286 g/mol. The summed E-state index contributed by atoms with van der Waals surface area (Å²) in [4.78, 5) is 11.8. The largest absolute Gasteiger partial charge is 0.494 e. The molecule has 1 aliphatic rings. The maximum Gasteiger partial charge on any atom is 0.244 e. The fourth-order valence-corrected chi connectivity index (χ4v) is 2.60. The van der Waals surface area contributed by atoms with Crippen LogP contribution in [0.4, 0.5) is 0 Å². The smallest absolute Gasteiger partial charge is 0.244 e. The van der Waals surface area contributed by atoms with E-state index in [0.717, 1.165) is 37.3 Å². The van der Waals surface area contributed by atoms with Gasteiger partial charge < -0.3 is 10.1 Å². The fraction of sp³-hybridized carbons (Fsp3) is 0.450. The van der Waals surface area contributed by atoms with E-state index in [2.05, 4.69) is 18.3 Å². The number of benzene rings is 1. The molecule has 0 aliphatic heterocycles. The van der Waals surface area contributed by atoms with Gasteiger partial charge in [0.15, 0.2) is 0 Å². The summed E-state index contributed by atoms with van der Waals surface area (Å²) in [5.74, 6) is 0.835. The highest BCUT2D eigenvalue weighted by molar-refractivity contribution is 5.91. The molecule has 0 atom stereocenters. The van der Waals surface area contributed by atoms with Gasteiger partial charge in [0.05, 0.1) is 6.61 Å². The number of carbonyl (C=O) groups is 1. The Kier molecular flexibility index (Phi) is 7.44. The van der Waals surface area contributed by atoms with Crippen molar-refractivity contribution in [2.75, 3.05) is 13.2 Å². The SMILES string of the molecule is CCCOc1ccc(/C=C/C(=O)NCCC2=CCCCC2)cc1. The van der Waals surface area contributed by atoms with Gasteiger partial charge >= 0.3 is 0 Å². The number of nitrogens with one attached hydrogen (secondary N) is 1. The van der Waals surface area contributed by atoms with Gasteiger partial charge in [-0.1, -0.05) is 30.7 Å². The molecule has 0 saturated heterocycles. The normalized spacial score (nSPS) is 14.6. The van der Waals surface area contributed by atoms with E-state index in [-0.39, 0.29) is 5.91 Å². The van der Waals surface area contributed by atoms with Crippen molar-refractivity contribution >= 4 is 12.0 Å². The molecule has 2 rings (SSSR count). The summed E-state index contributed by atoms with van der Waals surface area (Å²) in [6, 6.07) is 7.79. The van der Waals surface area contributed by atoms with Crippen LogP contribution in [0.25, 0.3) is 6.08 Å². The van der Waals surface area contributed by atoms with Gasteiger partial charge in [0.1, 0.15) is 5.75 Å². The minimum Gasteiger partial charge on any atom is -0.494 e. The lowest BCUT2D eigenvalue weighted by atomic mass is 9.97. The van der Waals surface area contributed by atoms with Crippen molar-refractivity contribution in [3.8, 4) is 5.75 Å². The molecule has 3 nitrogen and oxygen atoms in total. The maximum absolute atomic E-state index is 11.8. The van der Waals surface area contributed by atoms with Crippen molar-refractivity contribution < 1.29 is 9.53 Å². The van der Waals surface area contributed by atoms with Crippen molar-refractivity contribution in [3.05, 3.63) is 47.6 Å². The first-order chi connectivity index (χ1) is 11.3. The van der Waals surface area contributed by atoms with Crippen molar-refractivity contribution in [1.29, 1.82) is 0 Å². The Morgan fingerprint density at radius 3 is 2.78 bits per heavy atom. The van der Waals surface area contributed by atoms with Crippen molar-refractivity contribution in [2.24, 2.45) is 0 Å². The second-order valence-corrected chi connectivity index (χ2v) is 5.90. The molecule has 0 saturated carbocycles. The molecule has 0 fully saturated rings. The van der Waals surface area contributed by atoms with Crippen LogP contribution in [-0.4, -0.2) is 19.1 Å². The van der Waals surface area contributed by atoms with Crippen molar-refractivity contribution in [3.63, 3.8) is 0 Å². The number of hydrogen-bond acceptors (Lipinski definition) is 2. The number of rotatable bonds is 8. The molecule has 0 spiro atoms. The molecule has 23 heavy (non-hydrogen) atoms. The number of amides is 1. The van der Waals surface area contributed by atoms with Crippen LogP contribution in [0.2, 0.25) is 0 Å². The third-order valence-electron chi connectivity index (χ3n) is 3.91. The molecule has 0 aromatic heterocycles. The summed E-state index contributed by atoms with van der Waals surface area (Å²) in [6.07, 6.45) is 12.7. The van der Waals surface area contributed by atoms with E-state index < -0.39 is 0 Å². The standard InChI is InChI=1S/C20H27NO2/c1-2-16-23-19-11-8-18(9-12-19)10-13-20(22)21-15-14-17-6-4-3-5-7-17/h6,8-13H,2-5,7,14-16H2,1H3,(H,21,22)/b13-10+. The summed E-state index contributed by atoms with van der Waals surface area (Å²) in [6.45, 7) is 3.54. The van der Waals surface area contributed by atoms with Crippen LogP contribution >= 0.6 is 0 Å². The molecule has 1 amide bonds. The molecule has 0 unspecified atom stereocenters. The van der Waals surface area contributed by atoms with Gasteiger partial charge in [-0.3, -0.25) is 4.79 Å². The molecular formula is C20H27NO2. The van der Waals surface area contributed by atoms with Crippen LogP contribution in [0.15, 0.2) is 42.0 Å². The Balaban J connectivity index is 1.71. The molecule has 124 valence electrons. The Morgan fingerprint density at radius 2 is 2.09 bits per heavy atom. The average molecular weight is 313 g/mol. The molecule has 0 heterocycles. The second-order valence-electron chi connectivity index (χ2n) is 5.90. The third-order valence-corrected chi connectivity index (χ3v) is 3.91. The summed E-state index contributed by atoms with van der Waals surface area (Å²) < 4.78 is 5.54. The quantitative estimate of drug-likeness (QED) is 0.567. The predicted octanol–water partition coefficient (Wildman–Crippen LogP) is 4.50. The van der Waals surface area contributed by atoms with E-state index in [0.29, 0.717) is 0 Å². The van der Waals surface area contributed by atoms with E-state index in [4.69, 9.17) is 4.74 Å². The minimum absolute atomic E-state index is 0.0345. The van der Waals surface area contributed by atoms with Crippen LogP contribution in [0, 0.1) is 0 Å². The highest BCUT2D eigenvalue weighted by Gasteiger charge is 2.03. The average Bonchev–Trinajstić information content (AvgIpc) is 2.60. The minimum atomic E-state index is -0.0345. The van der Waals surface area contributed by atoms with E-state index in [1.807, 2.05) is 30.3 Å². The summed E-state index contributed by atoms with van der Waals surface area (Å²) in [5.41, 5.74) is 2.49. The number of hydrogen-bond donors (Lipinski definition) is 1. The summed E-state index contributed by atoms with van der Waals surface area (Å²) in [5, 5.41) is 2.95. The van der Waals surface area contributed by atoms with Crippen molar-refractivity contribution in [2.45, 2.75) is 45.4 Å². The van der Waals surface area contributed by atoms with Crippen LogP contribution in [0.5, 0.6) is 5.75 Å². The first-order valence-corrected chi connectivity index (χ1v) is 8.64. The van der Waals surface area contributed by atoms with Crippen LogP contribution in [-0.2, 0) is 4.79 Å². The molecule has 1 N–H and O–H groups in total. The molecule has 1 aromatic rings. The Hall–Kier alpha value is -2.03. The number of allylic oxidation sites excluding steroid dienone is 1. The molecule has 1 aromatic carbocycles. The number of carbonyl (C=O) groups excluding carboxylic acids is 1. The van der Waals surface area contributed by atoms with E-state index in [1.165, 1.54) is 31.3 Å². The monoisotopic (exact) mass is 313 g/mol. The maximum atomic E-state index is 11.8. The van der Waals surface area contributed by atoms with Crippen LogP contribution < -0.4 is 10.1 Å². The molecule has 3 heteroatoms. The fourth-order valence-electron chi connectivity index (χ4n) is 2.60. The van der Waals surface area contributed by atoms with Gasteiger partial charge in [-0.05, 0) is 62.3 Å². The zero-order valence-electron chi connectivity index (χ0n) is 14.0. The van der Waals surface area contributed by atoms with Gasteiger partial charge in [0, 0.05) is 12.6 Å².